The number of nitriles is 1. The van der Waals surface area contributed by atoms with Gasteiger partial charge in [-0.1, -0.05) is 6.07 Å². The number of nitrogens with two attached hydrogens (primary N) is 1. The van der Waals surface area contributed by atoms with Crippen molar-refractivity contribution in [3.05, 3.63) is 57.0 Å². The van der Waals surface area contributed by atoms with Gasteiger partial charge in [-0.2, -0.15) is 28.4 Å². The molecule has 2 aromatic carbocycles. The molecule has 3 aliphatic heterocycles. The molecule has 2 atom stereocenters. The van der Waals surface area contributed by atoms with Crippen LogP contribution in [0.3, 0.4) is 0 Å². The van der Waals surface area contributed by atoms with Crippen LogP contribution in [0.15, 0.2) is 24.4 Å². The highest BCUT2D eigenvalue weighted by molar-refractivity contribution is 7.23. The summed E-state index contributed by atoms with van der Waals surface area (Å²) in [6, 6.07) is 4.75. The van der Waals surface area contributed by atoms with E-state index in [2.05, 4.69) is 25.2 Å². The fraction of sp³-hybridized carbons (Fsp3) is 0.432. The van der Waals surface area contributed by atoms with E-state index in [4.69, 9.17) is 10.5 Å². The number of alkyl halides is 4. The van der Waals surface area contributed by atoms with Crippen molar-refractivity contribution in [3.63, 3.8) is 0 Å². The number of aryl methyl sites for hydroxylation is 1. The van der Waals surface area contributed by atoms with Crippen molar-refractivity contribution in [2.24, 2.45) is 0 Å². The van der Waals surface area contributed by atoms with Crippen LogP contribution in [0.4, 0.5) is 37.2 Å². The van der Waals surface area contributed by atoms with Crippen molar-refractivity contribution >= 4 is 60.4 Å². The number of rotatable bonds is 5. The Morgan fingerprint density at radius 2 is 1.89 bits per heavy atom. The van der Waals surface area contributed by atoms with E-state index in [-0.39, 0.29) is 55.9 Å². The lowest BCUT2D eigenvalue weighted by Crippen LogP contribution is -2.27. The highest BCUT2D eigenvalue weighted by Crippen LogP contribution is 2.47. The number of anilines is 2. The first-order valence-electron chi connectivity index (χ1n) is 17.7. The van der Waals surface area contributed by atoms with Crippen LogP contribution in [0, 0.1) is 29.9 Å². The van der Waals surface area contributed by atoms with Gasteiger partial charge in [-0.15, -0.1) is 22.7 Å². The van der Waals surface area contributed by atoms with Gasteiger partial charge in [-0.3, -0.25) is 9.69 Å². The minimum absolute atomic E-state index is 0.0444. The van der Waals surface area contributed by atoms with E-state index >= 15 is 4.39 Å². The van der Waals surface area contributed by atoms with E-state index in [9.17, 15) is 32.0 Å². The number of nitrogen functional groups attached to an aromatic ring is 1. The van der Waals surface area contributed by atoms with Crippen molar-refractivity contribution in [1.82, 2.24) is 24.8 Å². The predicted octanol–water partition coefficient (Wildman–Crippen LogP) is 8.58. The third-order valence-electron chi connectivity index (χ3n) is 9.60. The van der Waals surface area contributed by atoms with E-state index in [1.807, 2.05) is 11.8 Å². The van der Waals surface area contributed by atoms with Crippen molar-refractivity contribution in [1.29, 1.82) is 5.26 Å². The number of ether oxygens (including phenoxy) is 1. The number of nitrogens with zero attached hydrogens (tertiary/aromatic N) is 6. The number of aromatic nitrogens is 3. The van der Waals surface area contributed by atoms with Crippen LogP contribution in [-0.2, 0) is 6.18 Å². The first-order valence-corrected chi connectivity index (χ1v) is 19.3. The lowest BCUT2D eigenvalue weighted by Gasteiger charge is -2.18. The molecule has 6 heterocycles. The highest BCUT2D eigenvalue weighted by atomic mass is 32.1. The molecule has 3 aliphatic rings. The lowest BCUT2D eigenvalue weighted by atomic mass is 9.92. The first kappa shape index (κ1) is 39.9. The lowest BCUT2D eigenvalue weighted by molar-refractivity contribution is -0.137. The Morgan fingerprint density at radius 3 is 2.51 bits per heavy atom. The van der Waals surface area contributed by atoms with Crippen molar-refractivity contribution in [2.45, 2.75) is 64.3 Å². The topological polar surface area (TPSA) is 133 Å². The van der Waals surface area contributed by atoms with Crippen LogP contribution in [0.25, 0.3) is 32.1 Å². The number of halogens is 6. The van der Waals surface area contributed by atoms with E-state index in [1.165, 1.54) is 31.3 Å². The van der Waals surface area contributed by atoms with Crippen molar-refractivity contribution in [3.8, 4) is 23.2 Å². The number of thiazole rings is 1. The van der Waals surface area contributed by atoms with Gasteiger partial charge in [0.15, 0.2) is 10.8 Å². The number of thiophene rings is 1. The number of fused-ring (bicyclic) bond motifs is 3. The molecule has 2 unspecified atom stereocenters. The zero-order valence-electron chi connectivity index (χ0n) is 30.2. The Kier molecular flexibility index (Phi) is 12.0. The van der Waals surface area contributed by atoms with Gasteiger partial charge in [0.25, 0.3) is 5.91 Å². The van der Waals surface area contributed by atoms with Crippen LogP contribution in [0.5, 0.6) is 6.01 Å². The first-order chi connectivity index (χ1) is 26.2. The summed E-state index contributed by atoms with van der Waals surface area (Å²) in [4.78, 5) is 29.0. The van der Waals surface area contributed by atoms with E-state index in [0.717, 1.165) is 62.0 Å². The van der Waals surface area contributed by atoms with Gasteiger partial charge in [-0.05, 0) is 70.2 Å². The quantitative estimate of drug-likeness (QED) is 0.168. The molecule has 0 saturated carbocycles. The molecule has 18 heteroatoms. The van der Waals surface area contributed by atoms with Crippen LogP contribution in [0.2, 0.25) is 0 Å². The minimum Gasteiger partial charge on any atom is -0.467 e. The normalized spacial score (nSPS) is 18.1. The van der Waals surface area contributed by atoms with Crippen molar-refractivity contribution in [2.75, 3.05) is 50.9 Å². The summed E-state index contributed by atoms with van der Waals surface area (Å²) in [5.41, 5.74) is 2.59. The molecule has 292 valence electrons. The van der Waals surface area contributed by atoms with Crippen LogP contribution >= 0.6 is 22.7 Å². The number of carbonyl (C=O) groups is 1. The third kappa shape index (κ3) is 8.29. The predicted molar refractivity (Wildman–Crippen MR) is 201 cm³/mol. The Bertz CT molecular complexity index is 2240. The fourth-order valence-corrected chi connectivity index (χ4v) is 8.81. The summed E-state index contributed by atoms with van der Waals surface area (Å²) in [5, 5.41) is 12.4. The number of nitrogens with one attached hydrogen (secondary N) is 1. The van der Waals surface area contributed by atoms with Gasteiger partial charge in [0, 0.05) is 59.6 Å². The van der Waals surface area contributed by atoms with E-state index < -0.39 is 40.6 Å². The molecule has 3 saturated heterocycles. The monoisotopic (exact) mass is 804 g/mol. The molecular formula is C37H38F6N8O2S2. The third-order valence-corrected chi connectivity index (χ3v) is 11.5. The average molecular weight is 805 g/mol. The highest BCUT2D eigenvalue weighted by Gasteiger charge is 2.38. The molecule has 0 aliphatic carbocycles. The molecule has 8 rings (SSSR count). The number of amides is 1. The summed E-state index contributed by atoms with van der Waals surface area (Å²) in [6.45, 7) is 7.61. The summed E-state index contributed by atoms with van der Waals surface area (Å²) in [6.07, 6.45) is 1.84. The van der Waals surface area contributed by atoms with E-state index in [0.29, 0.717) is 28.9 Å². The zero-order chi connectivity index (χ0) is 39.6. The molecule has 55 heavy (non-hydrogen) atoms. The smallest absolute Gasteiger partial charge is 0.417 e. The Hall–Kier alpha value is -4.73. The standard InChI is InChI=1S/C21H14F5N5OS.C9H12N2OS.C7H12FN/c1-3-29-19-9-6-11(21(24,25)26)14(15(23)16(9)30-20(31-19)32-2)8-4-5-12(22)17-13(8)10(7-27)18(28)33-17;1-7-6-10-8(13-7)9(12)11-4-2-3-5-11;8-6-4-7-2-1-3-9(7)5-6/h4-6H,3,28H2,1-2H3,(H,29,30,31);6H,2-5H2,1H3;6-7H,1-5H2. The molecule has 0 radical (unpaired) electrons. The minimum atomic E-state index is -5.00. The van der Waals surface area contributed by atoms with Crippen LogP contribution in [-0.4, -0.2) is 82.7 Å². The number of hydrogen-bond acceptors (Lipinski definition) is 11. The molecule has 0 spiro atoms. The van der Waals surface area contributed by atoms with Gasteiger partial charge in [0.05, 0.1) is 22.9 Å². The SMILES string of the molecule is CCNc1nc(OC)nc2c(F)c(-c3ccc(F)c4sc(N)c(C#N)c34)c(C(F)(F)F)cc12.Cc1cnc(C(=O)N2CCCC2)s1.FC1CC2CCCN2C1. The van der Waals surface area contributed by atoms with Gasteiger partial charge in [-0.25, -0.2) is 18.2 Å². The largest absolute Gasteiger partial charge is 0.467 e. The molecular weight excluding hydrogens is 767 g/mol. The van der Waals surface area contributed by atoms with Crippen LogP contribution in [0.1, 0.15) is 64.8 Å². The summed E-state index contributed by atoms with van der Waals surface area (Å²) in [5.74, 6) is -2.05. The van der Waals surface area contributed by atoms with Gasteiger partial charge in [0.2, 0.25) is 0 Å². The number of methoxy groups -OCH3 is 1. The second kappa shape index (κ2) is 16.6. The Morgan fingerprint density at radius 1 is 1.15 bits per heavy atom. The van der Waals surface area contributed by atoms with Gasteiger partial charge >= 0.3 is 12.2 Å². The summed E-state index contributed by atoms with van der Waals surface area (Å²) in [7, 11) is 1.23. The number of benzene rings is 2. The molecule has 3 aromatic heterocycles. The molecule has 5 aromatic rings. The number of hydrogen-bond donors (Lipinski definition) is 2. The van der Waals surface area contributed by atoms with Crippen molar-refractivity contribution < 1.29 is 35.9 Å². The Labute approximate surface area is 320 Å². The molecule has 3 N–H and O–H groups in total. The summed E-state index contributed by atoms with van der Waals surface area (Å²) < 4.78 is 90.2. The molecule has 3 fully saturated rings. The molecule has 10 nitrogen and oxygen atoms in total. The van der Waals surface area contributed by atoms with Gasteiger partial charge in [0.1, 0.15) is 34.4 Å². The summed E-state index contributed by atoms with van der Waals surface area (Å²) >= 11 is 2.18. The maximum Gasteiger partial charge on any atom is 0.417 e. The maximum absolute atomic E-state index is 15.9. The second-order valence-electron chi connectivity index (χ2n) is 13.2. The Balaban J connectivity index is 0.000000187. The maximum atomic E-state index is 15.9. The number of carbonyl (C=O) groups excluding carboxylic acids is 1. The molecule has 0 bridgehead atoms. The average Bonchev–Trinajstić information content (AvgIpc) is 3.99. The van der Waals surface area contributed by atoms with Gasteiger partial charge < -0.3 is 20.7 Å². The zero-order valence-corrected chi connectivity index (χ0v) is 31.8. The fourth-order valence-electron chi connectivity index (χ4n) is 7.13. The number of likely N-dealkylation sites (tertiary alicyclic amines) is 1. The second-order valence-corrected chi connectivity index (χ2v) is 15.5. The van der Waals surface area contributed by atoms with Crippen LogP contribution < -0.4 is 15.8 Å². The van der Waals surface area contributed by atoms with E-state index in [1.54, 1.807) is 19.2 Å². The molecule has 1 amide bonds.